The number of ether oxygens (including phenoxy) is 2. The number of hydrogen-bond donors (Lipinski definition) is 5. The number of aliphatic hydroxyl groups excluding tert-OH is 1. The molecule has 0 unspecified atom stereocenters. The van der Waals surface area contributed by atoms with Crippen molar-refractivity contribution in [3.63, 3.8) is 0 Å². The lowest BCUT2D eigenvalue weighted by Gasteiger charge is -2.26. The van der Waals surface area contributed by atoms with Crippen molar-refractivity contribution in [3.05, 3.63) is 101 Å². The summed E-state index contributed by atoms with van der Waals surface area (Å²) in [6.45, 7) is 2.17. The normalized spacial score (nSPS) is 18.5. The van der Waals surface area contributed by atoms with E-state index in [0.29, 0.717) is 30.2 Å². The van der Waals surface area contributed by atoms with E-state index in [-0.39, 0.29) is 55.4 Å². The largest absolute Gasteiger partial charge is 0.508 e. The zero-order valence-electron chi connectivity index (χ0n) is 28.3. The number of phenols is 1. The maximum absolute atomic E-state index is 13.7. The van der Waals surface area contributed by atoms with E-state index in [1.807, 2.05) is 6.07 Å². The number of nitrogens with zero attached hydrogens (tertiary/aromatic N) is 4. The van der Waals surface area contributed by atoms with Gasteiger partial charge in [-0.25, -0.2) is 4.68 Å². The van der Waals surface area contributed by atoms with Crippen LogP contribution < -0.4 is 25.4 Å². The van der Waals surface area contributed by atoms with Gasteiger partial charge in [0.25, 0.3) is 11.8 Å². The van der Waals surface area contributed by atoms with Gasteiger partial charge in [0.05, 0.1) is 25.5 Å². The summed E-state index contributed by atoms with van der Waals surface area (Å²) in [7, 11) is 1.45. The van der Waals surface area contributed by atoms with E-state index in [4.69, 9.17) is 9.47 Å². The van der Waals surface area contributed by atoms with E-state index in [1.165, 1.54) is 37.1 Å². The van der Waals surface area contributed by atoms with Crippen molar-refractivity contribution in [2.24, 2.45) is 0 Å². The van der Waals surface area contributed by atoms with E-state index in [0.717, 1.165) is 5.56 Å². The summed E-state index contributed by atoms with van der Waals surface area (Å²) < 4.78 is 13.0. The Hall–Kier alpha value is -5.96. The fraction of sp³-hybridized carbons (Fsp3) is 0.333. The van der Waals surface area contributed by atoms with Gasteiger partial charge in [-0.1, -0.05) is 41.6 Å². The molecule has 3 heterocycles. The number of aromatic hydroxyl groups is 1. The summed E-state index contributed by atoms with van der Waals surface area (Å²) in [4.78, 5) is 55.6. The zero-order valence-corrected chi connectivity index (χ0v) is 28.3. The first-order valence-electron chi connectivity index (χ1n) is 16.5. The van der Waals surface area contributed by atoms with E-state index in [9.17, 15) is 29.4 Å². The van der Waals surface area contributed by atoms with Crippen LogP contribution in [0.25, 0.3) is 0 Å². The van der Waals surface area contributed by atoms with E-state index in [1.54, 1.807) is 59.4 Å². The summed E-state index contributed by atoms with van der Waals surface area (Å²) in [6, 6.07) is 17.1. The Morgan fingerprint density at radius 1 is 1.00 bits per heavy atom. The number of aromatic nitrogens is 3. The fourth-order valence-electron chi connectivity index (χ4n) is 5.51. The Bertz CT molecular complexity index is 1830. The van der Waals surface area contributed by atoms with Gasteiger partial charge in [-0.15, -0.1) is 5.10 Å². The summed E-state index contributed by atoms with van der Waals surface area (Å²) in [5.41, 5.74) is 1.83. The van der Waals surface area contributed by atoms with Gasteiger partial charge in [0.1, 0.15) is 24.4 Å². The molecule has 268 valence electrons. The molecule has 4 amide bonds. The lowest BCUT2D eigenvalue weighted by molar-refractivity contribution is -0.132. The lowest BCUT2D eigenvalue weighted by atomic mass is 10.0. The number of carbonyl (C=O) groups is 4. The Labute approximate surface area is 294 Å². The second-order valence-electron chi connectivity index (χ2n) is 12.0. The number of benzene rings is 3. The van der Waals surface area contributed by atoms with Crippen LogP contribution in [0.3, 0.4) is 0 Å². The second kappa shape index (κ2) is 17.1. The van der Waals surface area contributed by atoms with Gasteiger partial charge in [0.2, 0.25) is 11.8 Å². The Morgan fingerprint density at radius 3 is 2.55 bits per heavy atom. The summed E-state index contributed by atoms with van der Waals surface area (Å²) in [5, 5.41) is 37.0. The molecule has 3 atom stereocenters. The molecule has 6 rings (SSSR count). The number of phenolic OH excluding ortho intramolecular Hbond substituents is 1. The van der Waals surface area contributed by atoms with Crippen molar-refractivity contribution in [2.45, 2.75) is 44.5 Å². The number of rotatable bonds is 5. The number of nitrogens with one attached hydrogen (secondary N) is 3. The average molecular weight is 700 g/mol. The van der Waals surface area contributed by atoms with Gasteiger partial charge in [0.15, 0.2) is 11.5 Å². The standard InChI is InChI=1S/C36H41N7O8/c1-23(44)32-35(48)37-14-16-42(36(49)26-9-6-10-28(45)20-26)15-13-27-22-43(41-40-27)17-18-51-30-12-11-25(21-31(30)50-2)33(46)38-29(34(47)39-32)19-24-7-4-3-5-8-24/h3-12,20-23,29,32,44-45H,13-19H2,1-2H3,(H,37,48)(H,38,46)(H,39,47)/t23-,29-,32+/m1/s1. The Balaban J connectivity index is 1.43. The van der Waals surface area contributed by atoms with Crippen LogP contribution in [0.1, 0.15) is 38.9 Å². The molecule has 0 saturated carbocycles. The second-order valence-corrected chi connectivity index (χ2v) is 12.0. The van der Waals surface area contributed by atoms with Crippen molar-refractivity contribution in [1.29, 1.82) is 0 Å². The van der Waals surface area contributed by atoms with Crippen LogP contribution in [-0.2, 0) is 29.0 Å². The van der Waals surface area contributed by atoms with Crippen molar-refractivity contribution in [1.82, 2.24) is 35.8 Å². The third-order valence-corrected chi connectivity index (χ3v) is 8.26. The monoisotopic (exact) mass is 699 g/mol. The van der Waals surface area contributed by atoms with E-state index < -0.39 is 35.9 Å². The predicted molar refractivity (Wildman–Crippen MR) is 184 cm³/mol. The highest BCUT2D eigenvalue weighted by Crippen LogP contribution is 2.28. The smallest absolute Gasteiger partial charge is 0.254 e. The molecular weight excluding hydrogens is 658 g/mol. The molecule has 3 aromatic carbocycles. The van der Waals surface area contributed by atoms with Crippen LogP contribution in [0.5, 0.6) is 17.2 Å². The van der Waals surface area contributed by atoms with Crippen LogP contribution in [0.4, 0.5) is 0 Å². The summed E-state index contributed by atoms with van der Waals surface area (Å²) >= 11 is 0. The third kappa shape index (κ3) is 9.82. The Kier molecular flexibility index (Phi) is 12.2. The molecular formula is C36H41N7O8. The molecule has 15 nitrogen and oxygen atoms in total. The quantitative estimate of drug-likeness (QED) is 0.188. The number of amides is 4. The first-order chi connectivity index (χ1) is 24.6. The van der Waals surface area contributed by atoms with Gasteiger partial charge < -0.3 is 40.5 Å². The molecule has 15 heteroatoms. The minimum Gasteiger partial charge on any atom is -0.508 e. The van der Waals surface area contributed by atoms with Crippen LogP contribution in [-0.4, -0.2) is 105 Å². The number of hydrogen-bond acceptors (Lipinski definition) is 10. The maximum atomic E-state index is 13.7. The minimum atomic E-state index is -1.38. The molecule has 2 aliphatic rings. The van der Waals surface area contributed by atoms with Crippen LogP contribution in [0.2, 0.25) is 0 Å². The molecule has 1 aromatic heterocycles. The van der Waals surface area contributed by atoms with E-state index >= 15 is 0 Å². The van der Waals surface area contributed by atoms with Gasteiger partial charge in [-0.3, -0.25) is 19.2 Å². The first-order valence-corrected chi connectivity index (χ1v) is 16.5. The number of aliphatic hydroxyl groups is 1. The molecule has 4 aromatic rings. The molecule has 0 saturated heterocycles. The highest BCUT2D eigenvalue weighted by Gasteiger charge is 2.30. The third-order valence-electron chi connectivity index (χ3n) is 8.26. The van der Waals surface area contributed by atoms with Crippen LogP contribution in [0.15, 0.2) is 79.0 Å². The molecule has 0 radical (unpaired) electrons. The van der Waals surface area contributed by atoms with Gasteiger partial charge >= 0.3 is 0 Å². The summed E-state index contributed by atoms with van der Waals surface area (Å²) in [5.74, 6) is -1.71. The van der Waals surface area contributed by atoms with Crippen molar-refractivity contribution >= 4 is 23.6 Å². The number of fused-ring (bicyclic) bond motifs is 16. The average Bonchev–Trinajstić information content (AvgIpc) is 3.58. The van der Waals surface area contributed by atoms with E-state index in [2.05, 4.69) is 26.3 Å². The molecule has 0 fully saturated rings. The highest BCUT2D eigenvalue weighted by molar-refractivity contribution is 5.99. The Morgan fingerprint density at radius 2 is 1.80 bits per heavy atom. The van der Waals surface area contributed by atoms with Crippen LogP contribution >= 0.6 is 0 Å². The summed E-state index contributed by atoms with van der Waals surface area (Å²) in [6.07, 6.45) is 0.872. The number of methoxy groups -OCH3 is 1. The molecule has 4 bridgehead atoms. The van der Waals surface area contributed by atoms with Crippen molar-refractivity contribution in [2.75, 3.05) is 33.4 Å². The van der Waals surface area contributed by atoms with Gasteiger partial charge in [-0.2, -0.15) is 0 Å². The fourth-order valence-corrected chi connectivity index (χ4v) is 5.51. The SMILES string of the molecule is COc1cc2ccc1OCCn1cc(nn1)CCN(C(=O)c1cccc(O)c1)CCNC(=O)[C@H]([C@@H](C)O)NC(=O)[C@@H](Cc1ccccc1)NC2=O. The molecule has 5 N–H and O–H groups in total. The maximum Gasteiger partial charge on any atom is 0.254 e. The molecule has 51 heavy (non-hydrogen) atoms. The zero-order chi connectivity index (χ0) is 36.3. The predicted octanol–water partition coefficient (Wildman–Crippen LogP) is 1.09. The molecule has 0 spiro atoms. The first kappa shape index (κ1) is 36.3. The van der Waals surface area contributed by atoms with Crippen LogP contribution in [0, 0.1) is 0 Å². The number of carbonyl (C=O) groups excluding carboxylic acids is 4. The van der Waals surface area contributed by atoms with Crippen molar-refractivity contribution in [3.8, 4) is 17.2 Å². The van der Waals surface area contributed by atoms with Gasteiger partial charge in [0, 0.05) is 49.8 Å². The molecule has 0 aliphatic carbocycles. The van der Waals surface area contributed by atoms with Crippen molar-refractivity contribution < 1.29 is 38.9 Å². The lowest BCUT2D eigenvalue weighted by Crippen LogP contribution is -2.58. The molecule has 2 aliphatic heterocycles. The highest BCUT2D eigenvalue weighted by atomic mass is 16.5. The minimum absolute atomic E-state index is 0.0195. The van der Waals surface area contributed by atoms with Gasteiger partial charge in [-0.05, 0) is 48.9 Å². The topological polar surface area (TPSA) is 197 Å².